The number of nitrogens with zero attached hydrogens (tertiary/aromatic N) is 6. The van der Waals surface area contributed by atoms with Crippen molar-refractivity contribution in [1.82, 2.24) is 30.0 Å². The van der Waals surface area contributed by atoms with Gasteiger partial charge >= 0.3 is 0 Å². The number of hydrogen-bond donors (Lipinski definition) is 3. The molecule has 1 saturated carbocycles. The number of pyridine rings is 1. The predicted molar refractivity (Wildman–Crippen MR) is 139 cm³/mol. The second-order valence-electron chi connectivity index (χ2n) is 9.30. The van der Waals surface area contributed by atoms with E-state index in [1.165, 1.54) is 0 Å². The van der Waals surface area contributed by atoms with Crippen LogP contribution >= 0.6 is 11.3 Å². The Labute approximate surface area is 216 Å². The van der Waals surface area contributed by atoms with Crippen LogP contribution in [0.15, 0.2) is 42.9 Å². The topological polar surface area (TPSA) is 129 Å². The van der Waals surface area contributed by atoms with Gasteiger partial charge in [0, 0.05) is 43.4 Å². The van der Waals surface area contributed by atoms with E-state index in [-0.39, 0.29) is 17.0 Å². The lowest BCUT2D eigenvalue weighted by Crippen LogP contribution is -2.29. The van der Waals surface area contributed by atoms with Gasteiger partial charge in [-0.15, -0.1) is 10.2 Å². The Bertz CT molecular complexity index is 1450. The minimum Gasteiger partial charge on any atom is -0.391 e. The number of alkyl halides is 1. The first kappa shape index (κ1) is 23.6. The second kappa shape index (κ2) is 9.94. The summed E-state index contributed by atoms with van der Waals surface area (Å²) in [7, 11) is 0. The van der Waals surface area contributed by atoms with E-state index in [1.807, 2.05) is 24.3 Å². The van der Waals surface area contributed by atoms with Crippen molar-refractivity contribution < 1.29 is 14.3 Å². The van der Waals surface area contributed by atoms with Gasteiger partial charge in [-0.25, -0.2) is 9.37 Å². The Morgan fingerprint density at radius 2 is 1.95 bits per heavy atom. The fourth-order valence-electron chi connectivity index (χ4n) is 4.76. The van der Waals surface area contributed by atoms with Crippen molar-refractivity contribution in [2.45, 2.75) is 44.0 Å². The van der Waals surface area contributed by atoms with Crippen molar-refractivity contribution in [2.24, 2.45) is 0 Å². The number of carbonyl (C=O) groups is 1. The molecule has 12 heteroatoms. The third kappa shape index (κ3) is 4.94. The van der Waals surface area contributed by atoms with Gasteiger partial charge in [0.25, 0.3) is 5.91 Å². The highest BCUT2D eigenvalue weighted by molar-refractivity contribution is 7.16. The summed E-state index contributed by atoms with van der Waals surface area (Å²) >= 11 is 1.16. The van der Waals surface area contributed by atoms with Gasteiger partial charge < -0.3 is 20.6 Å². The van der Waals surface area contributed by atoms with Gasteiger partial charge in [-0.2, -0.15) is 0 Å². The number of halogens is 1. The molecule has 37 heavy (non-hydrogen) atoms. The first-order chi connectivity index (χ1) is 18.0. The molecule has 0 bridgehead atoms. The number of carbonyl (C=O) groups excluding carboxylic acids is 1. The summed E-state index contributed by atoms with van der Waals surface area (Å²) in [5.74, 6) is 0.315. The van der Waals surface area contributed by atoms with Gasteiger partial charge in [0.1, 0.15) is 12.0 Å². The SMILES string of the molecule is O=C(c1nnc(-c2cnc(Nc3ccc4nccnc4c3)cc2NC2CCCC2F)s1)N1CC[C@H](O)C1. The summed E-state index contributed by atoms with van der Waals surface area (Å²) in [5.41, 5.74) is 3.65. The highest BCUT2D eigenvalue weighted by Gasteiger charge is 2.30. The highest BCUT2D eigenvalue weighted by Crippen LogP contribution is 2.35. The molecule has 4 aromatic rings. The molecule has 0 radical (unpaired) electrons. The summed E-state index contributed by atoms with van der Waals surface area (Å²) in [6.07, 6.45) is 6.13. The molecule has 2 aliphatic rings. The number of amides is 1. The lowest BCUT2D eigenvalue weighted by molar-refractivity contribution is 0.0763. The van der Waals surface area contributed by atoms with E-state index < -0.39 is 12.3 Å². The van der Waals surface area contributed by atoms with E-state index in [0.29, 0.717) is 48.0 Å². The molecular formula is C25H25FN8O2S. The normalized spacial score (nSPS) is 21.5. The van der Waals surface area contributed by atoms with Crippen LogP contribution in [-0.4, -0.2) is 72.5 Å². The number of likely N-dealkylation sites (tertiary alicyclic amines) is 1. The molecule has 2 fully saturated rings. The van der Waals surface area contributed by atoms with E-state index in [0.717, 1.165) is 40.9 Å². The number of fused-ring (bicyclic) bond motifs is 1. The number of aliphatic hydroxyl groups is 1. The van der Waals surface area contributed by atoms with Gasteiger partial charge in [0.2, 0.25) is 5.01 Å². The van der Waals surface area contributed by atoms with Gasteiger partial charge in [0.15, 0.2) is 5.01 Å². The van der Waals surface area contributed by atoms with Crippen LogP contribution in [-0.2, 0) is 0 Å². The number of aromatic nitrogens is 5. The molecule has 1 aromatic carbocycles. The first-order valence-corrected chi connectivity index (χ1v) is 13.0. The number of hydrogen-bond acceptors (Lipinski definition) is 10. The van der Waals surface area contributed by atoms with Crippen LogP contribution in [0.2, 0.25) is 0 Å². The van der Waals surface area contributed by atoms with Crippen LogP contribution in [0, 0.1) is 0 Å². The smallest absolute Gasteiger partial charge is 0.284 e. The zero-order valence-electron chi connectivity index (χ0n) is 19.8. The van der Waals surface area contributed by atoms with Crippen LogP contribution in [0.5, 0.6) is 0 Å². The molecular weight excluding hydrogens is 495 g/mol. The maximum Gasteiger partial charge on any atom is 0.284 e. The molecule has 0 spiro atoms. The fraction of sp³-hybridized carbons (Fsp3) is 0.360. The van der Waals surface area contributed by atoms with Gasteiger partial charge in [-0.05, 0) is 43.9 Å². The zero-order valence-corrected chi connectivity index (χ0v) is 20.7. The zero-order chi connectivity index (χ0) is 25.4. The largest absolute Gasteiger partial charge is 0.391 e. The summed E-state index contributed by atoms with van der Waals surface area (Å²) in [5, 5.41) is 25.5. The van der Waals surface area contributed by atoms with Gasteiger partial charge in [-0.1, -0.05) is 11.3 Å². The lowest BCUT2D eigenvalue weighted by Gasteiger charge is -2.19. The van der Waals surface area contributed by atoms with Crippen molar-refractivity contribution >= 4 is 45.5 Å². The maximum absolute atomic E-state index is 14.5. The Hall–Kier alpha value is -3.77. The molecule has 3 aromatic heterocycles. The summed E-state index contributed by atoms with van der Waals surface area (Å²) in [4.78, 5) is 27.6. The molecule has 1 saturated heterocycles. The average Bonchev–Trinajstić information content (AvgIpc) is 3.66. The predicted octanol–water partition coefficient (Wildman–Crippen LogP) is 3.80. The molecule has 1 aliphatic heterocycles. The summed E-state index contributed by atoms with van der Waals surface area (Å²) in [6, 6.07) is 7.17. The summed E-state index contributed by atoms with van der Waals surface area (Å²) in [6.45, 7) is 0.784. The summed E-state index contributed by atoms with van der Waals surface area (Å²) < 4.78 is 14.5. The van der Waals surface area contributed by atoms with Gasteiger partial charge in [0.05, 0.1) is 34.4 Å². The molecule has 2 unspecified atom stereocenters. The van der Waals surface area contributed by atoms with E-state index in [4.69, 9.17) is 0 Å². The van der Waals surface area contributed by atoms with E-state index in [1.54, 1.807) is 23.5 Å². The fourth-order valence-corrected chi connectivity index (χ4v) is 5.60. The highest BCUT2D eigenvalue weighted by atomic mass is 32.1. The quantitative estimate of drug-likeness (QED) is 0.348. The number of nitrogens with one attached hydrogen (secondary N) is 2. The molecule has 6 rings (SSSR count). The van der Waals surface area contributed by atoms with Crippen LogP contribution in [0.4, 0.5) is 21.6 Å². The average molecular weight is 521 g/mol. The monoisotopic (exact) mass is 520 g/mol. The number of β-amino-alcohol motifs (C(OH)–C–C–N with tert-alkyl or cyclic N) is 1. The van der Waals surface area contributed by atoms with Gasteiger partial charge in [-0.3, -0.25) is 14.8 Å². The van der Waals surface area contributed by atoms with Crippen molar-refractivity contribution in [3.05, 3.63) is 47.9 Å². The Morgan fingerprint density at radius 3 is 2.73 bits per heavy atom. The van der Waals surface area contributed by atoms with E-state index in [2.05, 4.69) is 35.8 Å². The minimum atomic E-state index is -0.940. The van der Waals surface area contributed by atoms with Crippen molar-refractivity contribution in [3.8, 4) is 10.6 Å². The van der Waals surface area contributed by atoms with Crippen LogP contribution in [0.3, 0.4) is 0 Å². The number of anilines is 3. The third-order valence-corrected chi connectivity index (χ3v) is 7.65. The van der Waals surface area contributed by atoms with E-state index in [9.17, 15) is 14.3 Å². The standard InChI is InChI=1S/C25H25FN8O2S/c26-17-2-1-3-18(17)31-20-11-22(30-14-4-5-19-21(10-14)28-8-7-27-19)29-12-16(20)23-32-33-24(37-23)25(36)34-9-6-15(35)13-34/h4-5,7-8,10-12,15,17-18,35H,1-3,6,9,13H2,(H2,29,30,31)/t15-,17?,18?/m0/s1. The first-order valence-electron chi connectivity index (χ1n) is 12.2. The second-order valence-corrected chi connectivity index (χ2v) is 10.3. The van der Waals surface area contributed by atoms with Crippen LogP contribution in [0.25, 0.3) is 21.6 Å². The number of aliphatic hydroxyl groups excluding tert-OH is 1. The van der Waals surface area contributed by atoms with Crippen molar-refractivity contribution in [1.29, 1.82) is 0 Å². The molecule has 3 atom stereocenters. The van der Waals surface area contributed by atoms with Crippen molar-refractivity contribution in [3.63, 3.8) is 0 Å². The maximum atomic E-state index is 14.5. The molecule has 10 nitrogen and oxygen atoms in total. The molecule has 4 heterocycles. The molecule has 3 N–H and O–H groups in total. The number of rotatable bonds is 6. The number of benzene rings is 1. The van der Waals surface area contributed by atoms with Crippen LogP contribution in [0.1, 0.15) is 35.5 Å². The van der Waals surface area contributed by atoms with E-state index >= 15 is 0 Å². The van der Waals surface area contributed by atoms with Crippen LogP contribution < -0.4 is 10.6 Å². The third-order valence-electron chi connectivity index (χ3n) is 6.71. The molecule has 190 valence electrons. The minimum absolute atomic E-state index is 0.249. The molecule has 1 amide bonds. The molecule has 1 aliphatic carbocycles. The van der Waals surface area contributed by atoms with Crippen molar-refractivity contribution in [2.75, 3.05) is 23.7 Å². The Kier molecular flexibility index (Phi) is 6.35. The lowest BCUT2D eigenvalue weighted by atomic mass is 10.1. The Morgan fingerprint density at radius 1 is 1.08 bits per heavy atom. The Balaban J connectivity index is 1.30.